The topological polar surface area (TPSA) is 46.5 Å². The summed E-state index contributed by atoms with van der Waals surface area (Å²) in [5, 5.41) is 10.5. The molecule has 2 fully saturated rings. The first-order valence-corrected chi connectivity index (χ1v) is 11.0. The minimum Gasteiger partial charge on any atom is -0.508 e. The molecule has 0 amide bonds. The van der Waals surface area contributed by atoms with Crippen LogP contribution in [0, 0.1) is 17.3 Å². The van der Waals surface area contributed by atoms with Crippen molar-refractivity contribution in [1.82, 2.24) is 0 Å². The average Bonchev–Trinajstić information content (AvgIpc) is 2.95. The lowest BCUT2D eigenvalue weighted by Gasteiger charge is -2.50. The number of aryl methyl sites for hydroxylation is 2. The summed E-state index contributed by atoms with van der Waals surface area (Å²) in [6, 6.07) is 4.39. The van der Waals surface area contributed by atoms with Crippen LogP contribution in [0.5, 0.6) is 5.75 Å². The SMILES string of the molecule is CCCCc1cc2c(cc1O)CC[C@@H]1[C@@H]2CC[C@]2(C)[C@@H](OC(C)=O)CC[C@@H]12. The predicted molar refractivity (Wildman–Crippen MR) is 107 cm³/mol. The summed E-state index contributed by atoms with van der Waals surface area (Å²) in [4.78, 5) is 11.6. The Morgan fingerprint density at radius 3 is 2.81 bits per heavy atom. The van der Waals surface area contributed by atoms with Crippen molar-refractivity contribution in [3.05, 3.63) is 28.8 Å². The lowest BCUT2D eigenvalue weighted by atomic mass is 9.55. The van der Waals surface area contributed by atoms with Gasteiger partial charge in [0.25, 0.3) is 0 Å². The van der Waals surface area contributed by atoms with Crippen LogP contribution in [0.1, 0.15) is 88.3 Å². The summed E-state index contributed by atoms with van der Waals surface area (Å²) in [5.41, 5.74) is 4.15. The fourth-order valence-corrected chi connectivity index (χ4v) is 6.57. The van der Waals surface area contributed by atoms with E-state index >= 15 is 0 Å². The highest BCUT2D eigenvalue weighted by atomic mass is 16.5. The first kappa shape index (κ1) is 18.8. The summed E-state index contributed by atoms with van der Waals surface area (Å²) in [6.45, 7) is 6.12. The number of carbonyl (C=O) groups excluding carboxylic acids is 1. The molecule has 4 rings (SSSR count). The molecule has 0 aliphatic heterocycles. The molecular weight excluding hydrogens is 336 g/mol. The minimum atomic E-state index is -0.131. The summed E-state index contributed by atoms with van der Waals surface area (Å²) >= 11 is 0. The Labute approximate surface area is 163 Å². The third-order valence-corrected chi connectivity index (χ3v) is 7.94. The molecule has 27 heavy (non-hydrogen) atoms. The van der Waals surface area contributed by atoms with Gasteiger partial charge in [0, 0.05) is 12.3 Å². The van der Waals surface area contributed by atoms with Gasteiger partial charge in [0.1, 0.15) is 11.9 Å². The zero-order valence-electron chi connectivity index (χ0n) is 17.1. The van der Waals surface area contributed by atoms with Gasteiger partial charge in [0.2, 0.25) is 0 Å². The van der Waals surface area contributed by atoms with Crippen LogP contribution in [0.4, 0.5) is 0 Å². The third-order valence-electron chi connectivity index (χ3n) is 7.94. The van der Waals surface area contributed by atoms with E-state index in [2.05, 4.69) is 26.0 Å². The van der Waals surface area contributed by atoms with Crippen LogP contribution in [0.3, 0.4) is 0 Å². The Hall–Kier alpha value is -1.51. The number of carbonyl (C=O) groups is 1. The summed E-state index contributed by atoms with van der Waals surface area (Å²) in [7, 11) is 0. The number of phenolic OH excluding ortho intramolecular Hbond substituents is 1. The Morgan fingerprint density at radius 1 is 1.26 bits per heavy atom. The van der Waals surface area contributed by atoms with E-state index < -0.39 is 0 Å². The van der Waals surface area contributed by atoms with Gasteiger partial charge in [-0.05, 0) is 91.9 Å². The van der Waals surface area contributed by atoms with Crippen LogP contribution in [-0.4, -0.2) is 17.2 Å². The molecule has 0 spiro atoms. The lowest BCUT2D eigenvalue weighted by Crippen LogP contribution is -2.45. The number of hydrogen-bond donors (Lipinski definition) is 1. The Bertz CT molecular complexity index is 725. The second-order valence-corrected chi connectivity index (χ2v) is 9.42. The Balaban J connectivity index is 1.61. The molecule has 1 aromatic rings. The fourth-order valence-electron chi connectivity index (χ4n) is 6.57. The standard InChI is InChI=1S/C24H34O3/c1-4-5-6-17-13-20-16(14-22(17)26)7-8-19-18(20)11-12-24(3)21(19)9-10-23(24)27-15(2)25/h13-14,18-19,21,23,26H,4-12H2,1-3H3/t18-,19+,21-,23-,24-/m0/s1. The van der Waals surface area contributed by atoms with Crippen molar-refractivity contribution in [3.63, 3.8) is 0 Å². The van der Waals surface area contributed by atoms with E-state index in [-0.39, 0.29) is 17.5 Å². The average molecular weight is 371 g/mol. The molecule has 3 nitrogen and oxygen atoms in total. The zero-order valence-corrected chi connectivity index (χ0v) is 17.1. The molecule has 0 radical (unpaired) electrons. The van der Waals surface area contributed by atoms with Gasteiger partial charge in [-0.2, -0.15) is 0 Å². The van der Waals surface area contributed by atoms with Crippen molar-refractivity contribution in [2.24, 2.45) is 17.3 Å². The summed E-state index contributed by atoms with van der Waals surface area (Å²) in [5.74, 6) is 2.33. The highest BCUT2D eigenvalue weighted by molar-refractivity contribution is 5.66. The van der Waals surface area contributed by atoms with Crippen LogP contribution >= 0.6 is 0 Å². The van der Waals surface area contributed by atoms with Gasteiger partial charge >= 0.3 is 5.97 Å². The molecule has 0 saturated heterocycles. The number of unbranched alkanes of at least 4 members (excludes halogenated alkanes) is 1. The third kappa shape index (κ3) is 3.17. The molecule has 0 unspecified atom stereocenters. The van der Waals surface area contributed by atoms with Gasteiger partial charge in [-0.15, -0.1) is 0 Å². The van der Waals surface area contributed by atoms with Crippen LogP contribution in [0.25, 0.3) is 0 Å². The van der Waals surface area contributed by atoms with Crippen molar-refractivity contribution < 1.29 is 14.6 Å². The number of esters is 1. The van der Waals surface area contributed by atoms with Crippen molar-refractivity contribution in [3.8, 4) is 5.75 Å². The molecule has 2 saturated carbocycles. The summed E-state index contributed by atoms with van der Waals surface area (Å²) < 4.78 is 5.74. The van der Waals surface area contributed by atoms with Crippen LogP contribution < -0.4 is 0 Å². The number of aromatic hydroxyl groups is 1. The van der Waals surface area contributed by atoms with Crippen molar-refractivity contribution in [1.29, 1.82) is 0 Å². The number of phenols is 1. The van der Waals surface area contributed by atoms with Crippen molar-refractivity contribution in [2.75, 3.05) is 0 Å². The van der Waals surface area contributed by atoms with E-state index in [9.17, 15) is 9.90 Å². The molecule has 5 atom stereocenters. The van der Waals surface area contributed by atoms with E-state index in [4.69, 9.17) is 4.74 Å². The van der Waals surface area contributed by atoms with Gasteiger partial charge < -0.3 is 9.84 Å². The van der Waals surface area contributed by atoms with E-state index in [0.29, 0.717) is 23.5 Å². The van der Waals surface area contributed by atoms with Crippen LogP contribution in [0.2, 0.25) is 0 Å². The lowest BCUT2D eigenvalue weighted by molar-refractivity contribution is -0.154. The number of benzene rings is 1. The maximum absolute atomic E-state index is 11.6. The van der Waals surface area contributed by atoms with Gasteiger partial charge in [-0.1, -0.05) is 26.3 Å². The number of rotatable bonds is 4. The van der Waals surface area contributed by atoms with E-state index in [1.165, 1.54) is 30.4 Å². The molecule has 1 aromatic carbocycles. The van der Waals surface area contributed by atoms with Crippen molar-refractivity contribution in [2.45, 2.75) is 90.6 Å². The van der Waals surface area contributed by atoms with E-state index in [1.807, 2.05) is 0 Å². The minimum absolute atomic E-state index is 0.0993. The van der Waals surface area contributed by atoms with Gasteiger partial charge in [-0.25, -0.2) is 0 Å². The molecule has 3 heteroatoms. The molecule has 0 aromatic heterocycles. The Kier molecular flexibility index (Phi) is 4.98. The zero-order chi connectivity index (χ0) is 19.2. The van der Waals surface area contributed by atoms with E-state index in [1.54, 1.807) is 6.92 Å². The molecule has 148 valence electrons. The summed E-state index contributed by atoms with van der Waals surface area (Å²) in [6.07, 6.45) is 10.2. The van der Waals surface area contributed by atoms with Gasteiger partial charge in [-0.3, -0.25) is 4.79 Å². The molecule has 1 N–H and O–H groups in total. The maximum Gasteiger partial charge on any atom is 0.302 e. The highest BCUT2D eigenvalue weighted by Gasteiger charge is 2.56. The number of fused-ring (bicyclic) bond motifs is 5. The van der Waals surface area contributed by atoms with E-state index in [0.717, 1.165) is 44.1 Å². The van der Waals surface area contributed by atoms with Crippen LogP contribution in [0.15, 0.2) is 12.1 Å². The van der Waals surface area contributed by atoms with Crippen molar-refractivity contribution >= 4 is 5.97 Å². The smallest absolute Gasteiger partial charge is 0.302 e. The first-order valence-electron chi connectivity index (χ1n) is 11.0. The monoisotopic (exact) mass is 370 g/mol. The van der Waals surface area contributed by atoms with Crippen LogP contribution in [-0.2, 0) is 22.4 Å². The molecule has 3 aliphatic rings. The quantitative estimate of drug-likeness (QED) is 0.710. The predicted octanol–water partition coefficient (Wildman–Crippen LogP) is 5.52. The molecule has 3 aliphatic carbocycles. The van der Waals surface area contributed by atoms with Gasteiger partial charge in [0.15, 0.2) is 0 Å². The number of hydrogen-bond acceptors (Lipinski definition) is 3. The first-order chi connectivity index (χ1) is 12.9. The largest absolute Gasteiger partial charge is 0.508 e. The van der Waals surface area contributed by atoms with Gasteiger partial charge in [0.05, 0.1) is 0 Å². The molecular formula is C24H34O3. The molecule has 0 bridgehead atoms. The Morgan fingerprint density at radius 2 is 2.07 bits per heavy atom. The second kappa shape index (κ2) is 7.14. The number of ether oxygens (including phenoxy) is 1. The fraction of sp³-hybridized carbons (Fsp3) is 0.708. The highest BCUT2D eigenvalue weighted by Crippen LogP contribution is 2.61. The molecule has 0 heterocycles. The normalized spacial score (nSPS) is 34.5. The maximum atomic E-state index is 11.6. The second-order valence-electron chi connectivity index (χ2n) is 9.42.